The summed E-state index contributed by atoms with van der Waals surface area (Å²) < 4.78 is 51.9. The van der Waals surface area contributed by atoms with Crippen molar-refractivity contribution in [1.29, 1.82) is 0 Å². The van der Waals surface area contributed by atoms with Gasteiger partial charge in [0, 0.05) is 49.3 Å². The fraction of sp³-hybridized carbons (Fsp3) is 0.409. The number of halogens is 2. The molecule has 32 heavy (non-hydrogen) atoms. The Balaban J connectivity index is 1.65. The average molecular weight is 485 g/mol. The van der Waals surface area contributed by atoms with Crippen molar-refractivity contribution < 1.29 is 27.1 Å². The molecule has 7 nitrogen and oxygen atoms in total. The lowest BCUT2D eigenvalue weighted by molar-refractivity contribution is -0.135. The highest BCUT2D eigenvalue weighted by Gasteiger charge is 2.33. The van der Waals surface area contributed by atoms with E-state index in [1.54, 1.807) is 19.2 Å². The van der Waals surface area contributed by atoms with Gasteiger partial charge in [0.1, 0.15) is 5.82 Å². The second kappa shape index (κ2) is 10.1. The molecular weight excluding hydrogens is 459 g/mol. The zero-order valence-corrected chi connectivity index (χ0v) is 19.7. The first kappa shape index (κ1) is 24.3. The molecule has 1 fully saturated rings. The Hall–Kier alpha value is -2.36. The highest BCUT2D eigenvalue weighted by atomic mass is 35.5. The van der Waals surface area contributed by atoms with E-state index in [0.717, 1.165) is 0 Å². The molecule has 2 aromatic carbocycles. The summed E-state index contributed by atoms with van der Waals surface area (Å²) in [5, 5.41) is 0.264. The molecule has 0 aliphatic carbocycles. The molecule has 1 heterocycles. The summed E-state index contributed by atoms with van der Waals surface area (Å²) in [5.41, 5.74) is 0.262. The summed E-state index contributed by atoms with van der Waals surface area (Å²) in [6.45, 7) is 0.469. The summed E-state index contributed by atoms with van der Waals surface area (Å²) >= 11 is 6.06. The minimum absolute atomic E-state index is 0.0501. The number of sulfonamides is 1. The fourth-order valence-electron chi connectivity index (χ4n) is 3.78. The van der Waals surface area contributed by atoms with E-state index in [-0.39, 0.29) is 46.9 Å². The Morgan fingerprint density at radius 2 is 1.81 bits per heavy atom. The van der Waals surface area contributed by atoms with Gasteiger partial charge in [-0.3, -0.25) is 4.79 Å². The summed E-state index contributed by atoms with van der Waals surface area (Å²) in [5.74, 6) is -0.205. The van der Waals surface area contributed by atoms with Crippen molar-refractivity contribution in [3.63, 3.8) is 0 Å². The van der Waals surface area contributed by atoms with Gasteiger partial charge in [0.05, 0.1) is 19.1 Å². The van der Waals surface area contributed by atoms with E-state index in [4.69, 9.17) is 21.1 Å². The van der Waals surface area contributed by atoms with Gasteiger partial charge in [-0.25, -0.2) is 12.8 Å². The van der Waals surface area contributed by atoms with Crippen LogP contribution in [0.3, 0.4) is 0 Å². The molecule has 0 bridgehead atoms. The SMILES string of the molecule is COc1ccc(S(=O)(=O)N2CCC(C(=O)N(C)Cc3c(F)cccc3Cl)CC2)cc1OC. The van der Waals surface area contributed by atoms with Crippen LogP contribution < -0.4 is 9.47 Å². The molecule has 1 amide bonds. The predicted octanol–water partition coefficient (Wildman–Crippen LogP) is 3.56. The Morgan fingerprint density at radius 1 is 1.16 bits per heavy atom. The van der Waals surface area contributed by atoms with Crippen LogP contribution in [0.5, 0.6) is 11.5 Å². The molecule has 10 heteroatoms. The number of piperidine rings is 1. The first-order chi connectivity index (χ1) is 15.2. The van der Waals surface area contributed by atoms with Crippen LogP contribution in [0.25, 0.3) is 0 Å². The third kappa shape index (κ3) is 5.00. The number of hydrogen-bond donors (Lipinski definition) is 0. The third-order valence-corrected chi connectivity index (χ3v) is 7.88. The van der Waals surface area contributed by atoms with Gasteiger partial charge in [0.25, 0.3) is 0 Å². The Bertz CT molecular complexity index is 1070. The Kier molecular flexibility index (Phi) is 7.63. The standard InChI is InChI=1S/C22H26ClFN2O5S/c1-25(14-17-18(23)5-4-6-19(17)24)22(27)15-9-11-26(12-10-15)32(28,29)16-7-8-20(30-2)21(13-16)31-3/h4-8,13,15H,9-12,14H2,1-3H3. The quantitative estimate of drug-likeness (QED) is 0.600. The van der Waals surface area contributed by atoms with E-state index in [1.165, 1.54) is 47.7 Å². The molecule has 1 aliphatic rings. The Labute approximate surface area is 192 Å². The minimum atomic E-state index is -3.74. The lowest BCUT2D eigenvalue weighted by atomic mass is 9.96. The summed E-state index contributed by atoms with van der Waals surface area (Å²) in [7, 11) is 0.770. The first-order valence-corrected chi connectivity index (χ1v) is 11.9. The van der Waals surface area contributed by atoms with Gasteiger partial charge in [-0.1, -0.05) is 17.7 Å². The molecule has 2 aromatic rings. The maximum Gasteiger partial charge on any atom is 0.243 e. The number of nitrogens with zero attached hydrogens (tertiary/aromatic N) is 2. The van der Waals surface area contributed by atoms with Gasteiger partial charge in [-0.15, -0.1) is 0 Å². The lowest BCUT2D eigenvalue weighted by Crippen LogP contribution is -2.43. The molecule has 0 unspecified atom stereocenters. The van der Waals surface area contributed by atoms with Gasteiger partial charge in [0.15, 0.2) is 11.5 Å². The molecule has 174 valence electrons. The molecule has 1 saturated heterocycles. The van der Waals surface area contributed by atoms with E-state index >= 15 is 0 Å². The lowest BCUT2D eigenvalue weighted by Gasteiger charge is -2.32. The minimum Gasteiger partial charge on any atom is -0.493 e. The molecule has 3 rings (SSSR count). The Morgan fingerprint density at radius 3 is 2.41 bits per heavy atom. The first-order valence-electron chi connectivity index (χ1n) is 10.1. The van der Waals surface area contributed by atoms with Gasteiger partial charge >= 0.3 is 0 Å². The average Bonchev–Trinajstić information content (AvgIpc) is 2.80. The molecule has 0 radical (unpaired) electrons. The van der Waals surface area contributed by atoms with Crippen molar-refractivity contribution in [2.24, 2.45) is 5.92 Å². The number of methoxy groups -OCH3 is 2. The van der Waals surface area contributed by atoms with Crippen LogP contribution in [-0.2, 0) is 21.4 Å². The monoisotopic (exact) mass is 484 g/mol. The number of carbonyl (C=O) groups is 1. The predicted molar refractivity (Wildman–Crippen MR) is 119 cm³/mol. The summed E-state index contributed by atoms with van der Waals surface area (Å²) in [4.78, 5) is 14.4. The van der Waals surface area contributed by atoms with Gasteiger partial charge in [-0.05, 0) is 37.1 Å². The number of carbonyl (C=O) groups excluding carboxylic acids is 1. The molecule has 0 spiro atoms. The van der Waals surface area contributed by atoms with E-state index in [1.807, 2.05) is 0 Å². The van der Waals surface area contributed by atoms with Crippen molar-refractivity contribution in [2.75, 3.05) is 34.4 Å². The maximum atomic E-state index is 14.0. The number of hydrogen-bond acceptors (Lipinski definition) is 5. The van der Waals surface area contributed by atoms with Crippen molar-refractivity contribution in [3.8, 4) is 11.5 Å². The van der Waals surface area contributed by atoms with Crippen LogP contribution in [0.15, 0.2) is 41.3 Å². The van der Waals surface area contributed by atoms with Gasteiger partial charge < -0.3 is 14.4 Å². The summed E-state index contributed by atoms with van der Waals surface area (Å²) in [6.07, 6.45) is 0.751. The molecule has 0 saturated carbocycles. The molecular formula is C22H26ClFN2O5S. The van der Waals surface area contributed by atoms with Crippen LogP contribution in [0.2, 0.25) is 5.02 Å². The van der Waals surface area contributed by atoms with Crippen LogP contribution in [0.1, 0.15) is 18.4 Å². The largest absolute Gasteiger partial charge is 0.493 e. The molecule has 0 atom stereocenters. The van der Waals surface area contributed by atoms with Crippen molar-refractivity contribution in [1.82, 2.24) is 9.21 Å². The topological polar surface area (TPSA) is 76.2 Å². The summed E-state index contributed by atoms with van der Waals surface area (Å²) in [6, 6.07) is 8.84. The van der Waals surface area contributed by atoms with Crippen molar-refractivity contribution >= 4 is 27.5 Å². The maximum absolute atomic E-state index is 14.0. The zero-order chi connectivity index (χ0) is 23.5. The van der Waals surface area contributed by atoms with Crippen LogP contribution >= 0.6 is 11.6 Å². The normalized spacial score (nSPS) is 15.4. The van der Waals surface area contributed by atoms with Gasteiger partial charge in [-0.2, -0.15) is 4.31 Å². The van der Waals surface area contributed by atoms with Crippen LogP contribution in [0.4, 0.5) is 4.39 Å². The fourth-order valence-corrected chi connectivity index (χ4v) is 5.49. The number of amides is 1. The van der Waals surface area contributed by atoms with Crippen LogP contribution in [-0.4, -0.2) is 57.9 Å². The number of ether oxygens (including phenoxy) is 2. The van der Waals surface area contributed by atoms with Gasteiger partial charge in [0.2, 0.25) is 15.9 Å². The number of rotatable bonds is 7. The van der Waals surface area contributed by atoms with E-state index in [9.17, 15) is 17.6 Å². The molecule has 0 N–H and O–H groups in total. The highest BCUT2D eigenvalue weighted by Crippen LogP contribution is 2.32. The third-order valence-electron chi connectivity index (χ3n) is 5.63. The highest BCUT2D eigenvalue weighted by molar-refractivity contribution is 7.89. The number of benzene rings is 2. The second-order valence-electron chi connectivity index (χ2n) is 7.59. The van der Waals surface area contributed by atoms with E-state index in [2.05, 4.69) is 0 Å². The molecule has 1 aliphatic heterocycles. The second-order valence-corrected chi connectivity index (χ2v) is 9.93. The van der Waals surface area contributed by atoms with E-state index in [0.29, 0.717) is 24.3 Å². The van der Waals surface area contributed by atoms with Crippen LogP contribution in [0, 0.1) is 11.7 Å². The smallest absolute Gasteiger partial charge is 0.243 e. The van der Waals surface area contributed by atoms with E-state index < -0.39 is 15.8 Å². The van der Waals surface area contributed by atoms with Crippen molar-refractivity contribution in [3.05, 3.63) is 52.8 Å². The molecule has 0 aromatic heterocycles. The zero-order valence-electron chi connectivity index (χ0n) is 18.2. The van der Waals surface area contributed by atoms with Crippen molar-refractivity contribution in [2.45, 2.75) is 24.3 Å².